The maximum atomic E-state index is 11.9. The van der Waals surface area contributed by atoms with Crippen molar-refractivity contribution >= 4 is 16.8 Å². The molecular formula is C13H12N4O2. The van der Waals surface area contributed by atoms with Crippen molar-refractivity contribution in [2.75, 3.05) is 6.54 Å². The van der Waals surface area contributed by atoms with Crippen molar-refractivity contribution in [2.45, 2.75) is 6.42 Å². The molecule has 2 aromatic heterocycles. The highest BCUT2D eigenvalue weighted by Gasteiger charge is 2.07. The molecule has 0 saturated carbocycles. The van der Waals surface area contributed by atoms with Crippen LogP contribution in [0.4, 0.5) is 0 Å². The second kappa shape index (κ2) is 4.93. The van der Waals surface area contributed by atoms with Crippen LogP contribution in [0.3, 0.4) is 0 Å². The molecule has 96 valence electrons. The number of nitrogens with zero attached hydrogens (tertiary/aromatic N) is 2. The van der Waals surface area contributed by atoms with Crippen LogP contribution in [-0.2, 0) is 6.42 Å². The minimum atomic E-state index is -0.115. The molecule has 0 bridgehead atoms. The van der Waals surface area contributed by atoms with Gasteiger partial charge >= 0.3 is 0 Å². The van der Waals surface area contributed by atoms with E-state index in [-0.39, 0.29) is 5.91 Å². The summed E-state index contributed by atoms with van der Waals surface area (Å²) in [6.07, 6.45) is 3.72. The molecule has 19 heavy (non-hydrogen) atoms. The molecule has 6 heteroatoms. The summed E-state index contributed by atoms with van der Waals surface area (Å²) in [7, 11) is 0. The molecule has 1 amide bonds. The van der Waals surface area contributed by atoms with E-state index in [2.05, 4.69) is 20.4 Å². The smallest absolute Gasteiger partial charge is 0.251 e. The average Bonchev–Trinajstić information content (AvgIpc) is 3.08. The van der Waals surface area contributed by atoms with Gasteiger partial charge in [-0.25, -0.2) is 0 Å². The topological polar surface area (TPSA) is 83.8 Å². The van der Waals surface area contributed by atoms with Gasteiger partial charge in [0.05, 0.1) is 0 Å². The fourth-order valence-corrected chi connectivity index (χ4v) is 1.88. The highest BCUT2D eigenvalue weighted by atomic mass is 16.5. The van der Waals surface area contributed by atoms with Crippen LogP contribution < -0.4 is 5.32 Å². The van der Waals surface area contributed by atoms with Crippen molar-refractivity contribution in [3.05, 3.63) is 48.2 Å². The van der Waals surface area contributed by atoms with Gasteiger partial charge in [0, 0.05) is 30.2 Å². The molecule has 3 rings (SSSR count). The number of carbonyl (C=O) groups excluding carboxylic acids is 1. The summed E-state index contributed by atoms with van der Waals surface area (Å²) in [5, 5.41) is 7.40. The number of carbonyl (C=O) groups is 1. The summed E-state index contributed by atoms with van der Waals surface area (Å²) >= 11 is 0. The first-order chi connectivity index (χ1) is 9.33. The zero-order chi connectivity index (χ0) is 13.1. The first-order valence-electron chi connectivity index (χ1n) is 5.94. The van der Waals surface area contributed by atoms with E-state index in [0.29, 0.717) is 24.4 Å². The van der Waals surface area contributed by atoms with Gasteiger partial charge in [-0.1, -0.05) is 11.2 Å². The third-order valence-corrected chi connectivity index (χ3v) is 2.85. The average molecular weight is 256 g/mol. The zero-order valence-electron chi connectivity index (χ0n) is 10.1. The van der Waals surface area contributed by atoms with Crippen LogP contribution in [0, 0.1) is 0 Å². The van der Waals surface area contributed by atoms with Gasteiger partial charge in [0.25, 0.3) is 5.91 Å². The third-order valence-electron chi connectivity index (χ3n) is 2.85. The lowest BCUT2D eigenvalue weighted by Crippen LogP contribution is -2.25. The van der Waals surface area contributed by atoms with Crippen molar-refractivity contribution < 1.29 is 9.32 Å². The normalized spacial score (nSPS) is 10.7. The fraction of sp³-hybridized carbons (Fsp3) is 0.154. The molecule has 0 saturated heterocycles. The second-order valence-corrected chi connectivity index (χ2v) is 4.12. The molecule has 0 aliphatic rings. The minimum Gasteiger partial charge on any atom is -0.361 e. The summed E-state index contributed by atoms with van der Waals surface area (Å²) in [4.78, 5) is 18.9. The van der Waals surface area contributed by atoms with Gasteiger partial charge in [0.15, 0.2) is 6.33 Å². The zero-order valence-corrected chi connectivity index (χ0v) is 10.1. The maximum Gasteiger partial charge on any atom is 0.251 e. The number of nitrogens with one attached hydrogen (secondary N) is 2. The number of aromatic nitrogens is 3. The third kappa shape index (κ3) is 2.47. The van der Waals surface area contributed by atoms with E-state index in [1.807, 2.05) is 24.4 Å². The lowest BCUT2D eigenvalue weighted by Gasteiger charge is -2.03. The van der Waals surface area contributed by atoms with Gasteiger partial charge in [-0.05, 0) is 23.6 Å². The van der Waals surface area contributed by atoms with Crippen molar-refractivity contribution in [1.29, 1.82) is 0 Å². The largest absolute Gasteiger partial charge is 0.361 e. The maximum absolute atomic E-state index is 11.9. The molecule has 0 fully saturated rings. The molecule has 3 aromatic rings. The summed E-state index contributed by atoms with van der Waals surface area (Å²) in [5.74, 6) is 0.399. The van der Waals surface area contributed by atoms with Crippen molar-refractivity contribution in [3.8, 4) is 0 Å². The Kier molecular flexibility index (Phi) is 2.97. The minimum absolute atomic E-state index is 0.115. The van der Waals surface area contributed by atoms with Crippen LogP contribution in [0.15, 0.2) is 41.3 Å². The van der Waals surface area contributed by atoms with E-state index in [4.69, 9.17) is 4.52 Å². The molecule has 0 aliphatic carbocycles. The quantitative estimate of drug-likeness (QED) is 0.741. The standard InChI is InChI=1S/C13H12N4O2/c18-13(15-6-4-12-16-8-17-19-12)10-2-1-9-3-5-14-11(9)7-10/h1-3,5,7-8,14H,4,6H2,(H,15,18). The van der Waals surface area contributed by atoms with E-state index >= 15 is 0 Å². The Bertz CT molecular complexity index is 688. The molecule has 1 aromatic carbocycles. The van der Waals surface area contributed by atoms with E-state index in [1.165, 1.54) is 6.33 Å². The Morgan fingerprint density at radius 1 is 1.37 bits per heavy atom. The lowest BCUT2D eigenvalue weighted by atomic mass is 10.1. The Morgan fingerprint density at radius 2 is 2.32 bits per heavy atom. The van der Waals surface area contributed by atoms with Gasteiger partial charge in [-0.2, -0.15) is 4.98 Å². The SMILES string of the molecule is O=C(NCCc1ncno1)c1ccc2cc[nH]c2c1. The number of hydrogen-bond donors (Lipinski definition) is 2. The van der Waals surface area contributed by atoms with Gasteiger partial charge in [-0.15, -0.1) is 0 Å². The van der Waals surface area contributed by atoms with Gasteiger partial charge in [-0.3, -0.25) is 4.79 Å². The van der Waals surface area contributed by atoms with Crippen LogP contribution in [0.5, 0.6) is 0 Å². The number of amides is 1. The van der Waals surface area contributed by atoms with Gasteiger partial charge in [0.2, 0.25) is 5.89 Å². The monoisotopic (exact) mass is 256 g/mol. The van der Waals surface area contributed by atoms with Gasteiger partial charge in [0.1, 0.15) is 0 Å². The molecule has 6 nitrogen and oxygen atoms in total. The molecule has 0 unspecified atom stereocenters. The van der Waals surface area contributed by atoms with Crippen LogP contribution in [-0.4, -0.2) is 27.6 Å². The molecule has 2 heterocycles. The first-order valence-corrected chi connectivity index (χ1v) is 5.94. The summed E-state index contributed by atoms with van der Waals surface area (Å²) < 4.78 is 4.85. The Labute approximate surface area is 108 Å². The van der Waals surface area contributed by atoms with Crippen LogP contribution in [0.2, 0.25) is 0 Å². The number of benzene rings is 1. The number of fused-ring (bicyclic) bond motifs is 1. The lowest BCUT2D eigenvalue weighted by molar-refractivity contribution is 0.0953. The summed E-state index contributed by atoms with van der Waals surface area (Å²) in [5.41, 5.74) is 1.57. The number of aromatic amines is 1. The fourth-order valence-electron chi connectivity index (χ4n) is 1.88. The molecule has 2 N–H and O–H groups in total. The number of hydrogen-bond acceptors (Lipinski definition) is 4. The highest BCUT2D eigenvalue weighted by Crippen LogP contribution is 2.13. The number of H-pyrrole nitrogens is 1. The Balaban J connectivity index is 1.63. The van der Waals surface area contributed by atoms with Gasteiger partial charge < -0.3 is 14.8 Å². The van der Waals surface area contributed by atoms with Crippen LogP contribution in [0.1, 0.15) is 16.2 Å². The van der Waals surface area contributed by atoms with E-state index in [9.17, 15) is 4.79 Å². The summed E-state index contributed by atoms with van der Waals surface area (Å²) in [6, 6.07) is 7.51. The number of rotatable bonds is 4. The molecule has 0 radical (unpaired) electrons. The second-order valence-electron chi connectivity index (χ2n) is 4.12. The van der Waals surface area contributed by atoms with Crippen molar-refractivity contribution in [2.24, 2.45) is 0 Å². The van der Waals surface area contributed by atoms with Crippen molar-refractivity contribution in [1.82, 2.24) is 20.4 Å². The molecule has 0 aliphatic heterocycles. The first kappa shape index (κ1) is 11.5. The van der Waals surface area contributed by atoms with Crippen LogP contribution in [0.25, 0.3) is 10.9 Å². The Morgan fingerprint density at radius 3 is 3.16 bits per heavy atom. The Hall–Kier alpha value is -2.63. The van der Waals surface area contributed by atoms with E-state index < -0.39 is 0 Å². The highest BCUT2D eigenvalue weighted by molar-refractivity contribution is 5.97. The predicted molar refractivity (Wildman–Crippen MR) is 68.6 cm³/mol. The molecule has 0 spiro atoms. The predicted octanol–water partition coefficient (Wildman–Crippen LogP) is 1.52. The molecular weight excluding hydrogens is 244 g/mol. The van der Waals surface area contributed by atoms with Crippen molar-refractivity contribution in [3.63, 3.8) is 0 Å². The van der Waals surface area contributed by atoms with Crippen LogP contribution >= 0.6 is 0 Å². The summed E-state index contributed by atoms with van der Waals surface area (Å²) in [6.45, 7) is 0.462. The molecule has 0 atom stereocenters. The van der Waals surface area contributed by atoms with E-state index in [1.54, 1.807) is 6.07 Å². The van der Waals surface area contributed by atoms with E-state index in [0.717, 1.165) is 10.9 Å².